The van der Waals surface area contributed by atoms with E-state index >= 15 is 0 Å². The Morgan fingerprint density at radius 2 is 2.00 bits per heavy atom. The van der Waals surface area contributed by atoms with Gasteiger partial charge in [0.1, 0.15) is 24.4 Å². The molecule has 21 heavy (non-hydrogen) atoms. The Bertz CT molecular complexity index is 282. The van der Waals surface area contributed by atoms with Crippen molar-refractivity contribution in [3.05, 3.63) is 12.2 Å². The Hall–Kier alpha value is -0.460. The van der Waals surface area contributed by atoms with Crippen LogP contribution in [-0.2, 0) is 9.47 Å². The van der Waals surface area contributed by atoms with E-state index in [0.717, 1.165) is 6.42 Å². The number of rotatable bonds is 11. The zero-order chi connectivity index (χ0) is 15.5. The summed E-state index contributed by atoms with van der Waals surface area (Å²) < 4.78 is 10.8. The number of aliphatic hydroxyl groups is 3. The van der Waals surface area contributed by atoms with Crippen LogP contribution in [0.2, 0.25) is 0 Å². The van der Waals surface area contributed by atoms with Crippen LogP contribution in [0.5, 0.6) is 0 Å². The van der Waals surface area contributed by atoms with Gasteiger partial charge in [-0.2, -0.15) is 0 Å². The maximum atomic E-state index is 9.93. The fraction of sp³-hybridized carbons (Fsp3) is 0.875. The summed E-state index contributed by atoms with van der Waals surface area (Å²) in [6, 6.07) is 0. The van der Waals surface area contributed by atoms with Crippen LogP contribution in [0.15, 0.2) is 12.2 Å². The van der Waals surface area contributed by atoms with Crippen molar-refractivity contribution in [3.8, 4) is 0 Å². The van der Waals surface area contributed by atoms with Crippen LogP contribution in [0.4, 0.5) is 0 Å². The first-order valence-electron chi connectivity index (χ1n) is 8.05. The van der Waals surface area contributed by atoms with Crippen LogP contribution in [0.1, 0.15) is 45.4 Å². The Balaban J connectivity index is 2.07. The number of ether oxygens (including phenoxy) is 2. The lowest BCUT2D eigenvalue weighted by atomic mass is 10.1. The minimum Gasteiger partial charge on any atom is -0.394 e. The van der Waals surface area contributed by atoms with Crippen LogP contribution >= 0.6 is 0 Å². The van der Waals surface area contributed by atoms with E-state index in [1.54, 1.807) is 0 Å². The molecule has 1 aliphatic heterocycles. The van der Waals surface area contributed by atoms with Gasteiger partial charge in [0.25, 0.3) is 0 Å². The lowest BCUT2D eigenvalue weighted by molar-refractivity contribution is -0.0716. The Kier molecular flexibility index (Phi) is 9.87. The summed E-state index contributed by atoms with van der Waals surface area (Å²) in [6.07, 6.45) is 8.33. The molecule has 0 aromatic rings. The van der Waals surface area contributed by atoms with Gasteiger partial charge in [-0.25, -0.2) is 0 Å². The molecule has 0 amide bonds. The van der Waals surface area contributed by atoms with Crippen molar-refractivity contribution in [3.63, 3.8) is 0 Å². The molecule has 5 heteroatoms. The molecule has 0 aliphatic carbocycles. The highest BCUT2D eigenvalue weighted by Crippen LogP contribution is 2.20. The molecule has 1 aliphatic rings. The molecule has 5 nitrogen and oxygen atoms in total. The van der Waals surface area contributed by atoms with Crippen molar-refractivity contribution in [2.45, 2.75) is 69.9 Å². The van der Waals surface area contributed by atoms with Gasteiger partial charge in [0.15, 0.2) is 0 Å². The van der Waals surface area contributed by atoms with Crippen molar-refractivity contribution in [1.82, 2.24) is 0 Å². The summed E-state index contributed by atoms with van der Waals surface area (Å²) in [7, 11) is 0. The maximum absolute atomic E-state index is 9.93. The van der Waals surface area contributed by atoms with Crippen molar-refractivity contribution in [2.24, 2.45) is 0 Å². The first-order valence-corrected chi connectivity index (χ1v) is 8.05. The number of aliphatic hydroxyl groups excluding tert-OH is 3. The molecule has 1 heterocycles. The number of hydrogen-bond acceptors (Lipinski definition) is 5. The van der Waals surface area contributed by atoms with E-state index in [4.69, 9.17) is 14.6 Å². The molecule has 1 rings (SSSR count). The lowest BCUT2D eigenvalue weighted by Crippen LogP contribution is -2.41. The normalized spacial score (nSPS) is 27.5. The van der Waals surface area contributed by atoms with Gasteiger partial charge in [0.2, 0.25) is 0 Å². The van der Waals surface area contributed by atoms with Crippen molar-refractivity contribution in [1.29, 1.82) is 0 Å². The molecule has 0 aromatic heterocycles. The average molecular weight is 302 g/mol. The van der Waals surface area contributed by atoms with E-state index in [2.05, 4.69) is 13.0 Å². The molecular formula is C16H30O5. The second-order valence-electron chi connectivity index (χ2n) is 5.58. The van der Waals surface area contributed by atoms with Crippen molar-refractivity contribution >= 4 is 0 Å². The third-order valence-electron chi connectivity index (χ3n) is 3.78. The highest BCUT2D eigenvalue weighted by molar-refractivity contribution is 4.90. The summed E-state index contributed by atoms with van der Waals surface area (Å²) in [6.45, 7) is 2.46. The van der Waals surface area contributed by atoms with Crippen LogP contribution in [0.25, 0.3) is 0 Å². The quantitative estimate of drug-likeness (QED) is 0.397. The minimum absolute atomic E-state index is 0.244. The fourth-order valence-electron chi connectivity index (χ4n) is 2.43. The molecule has 0 bridgehead atoms. The zero-order valence-electron chi connectivity index (χ0n) is 13.0. The van der Waals surface area contributed by atoms with Crippen LogP contribution in [0.3, 0.4) is 0 Å². The topological polar surface area (TPSA) is 79.2 Å². The van der Waals surface area contributed by atoms with Gasteiger partial charge in [-0.1, -0.05) is 44.8 Å². The Morgan fingerprint density at radius 3 is 2.71 bits per heavy atom. The average Bonchev–Trinajstić information content (AvgIpc) is 2.86. The second kappa shape index (κ2) is 11.2. The van der Waals surface area contributed by atoms with Crippen molar-refractivity contribution in [2.75, 3.05) is 19.8 Å². The Morgan fingerprint density at radius 1 is 1.24 bits per heavy atom. The standard InChI is InChI=1S/C16H30O5/c1-2-3-4-5-6-7-8-9-10-20-14-12-21-16(15(14)19)13(18)11-17/h8-9,13-19H,2-7,10-12H2,1H3/b9-8+/t13-,14+,15+,16+/m1/s1. The van der Waals surface area contributed by atoms with Gasteiger partial charge in [0, 0.05) is 0 Å². The van der Waals surface area contributed by atoms with Gasteiger partial charge < -0.3 is 24.8 Å². The molecular weight excluding hydrogens is 272 g/mol. The minimum atomic E-state index is -1.06. The van der Waals surface area contributed by atoms with E-state index in [0.29, 0.717) is 6.61 Å². The molecule has 1 saturated heterocycles. The fourth-order valence-corrected chi connectivity index (χ4v) is 2.43. The highest BCUT2D eigenvalue weighted by Gasteiger charge is 2.40. The molecule has 4 atom stereocenters. The van der Waals surface area contributed by atoms with Crippen LogP contribution in [0, 0.1) is 0 Å². The number of allylic oxidation sites excluding steroid dienone is 1. The van der Waals surface area contributed by atoms with Crippen LogP contribution in [-0.4, -0.2) is 59.6 Å². The van der Waals surface area contributed by atoms with Gasteiger partial charge in [-0.15, -0.1) is 0 Å². The predicted octanol–water partition coefficient (Wildman–Crippen LogP) is 1.40. The van der Waals surface area contributed by atoms with Crippen LogP contribution < -0.4 is 0 Å². The molecule has 1 fully saturated rings. The summed E-state index contributed by atoms with van der Waals surface area (Å²) in [5.74, 6) is 0. The van der Waals surface area contributed by atoms with Gasteiger partial charge in [-0.05, 0) is 12.8 Å². The van der Waals surface area contributed by atoms with Gasteiger partial charge >= 0.3 is 0 Å². The van der Waals surface area contributed by atoms with Gasteiger partial charge in [0.05, 0.1) is 19.8 Å². The molecule has 0 radical (unpaired) electrons. The summed E-state index contributed by atoms with van der Waals surface area (Å²) in [5.41, 5.74) is 0. The maximum Gasteiger partial charge on any atom is 0.114 e. The van der Waals surface area contributed by atoms with Gasteiger partial charge in [-0.3, -0.25) is 0 Å². The van der Waals surface area contributed by atoms with E-state index in [9.17, 15) is 10.2 Å². The first kappa shape index (κ1) is 18.6. The summed E-state index contributed by atoms with van der Waals surface area (Å²) in [4.78, 5) is 0. The lowest BCUT2D eigenvalue weighted by Gasteiger charge is -2.20. The third-order valence-corrected chi connectivity index (χ3v) is 3.78. The van der Waals surface area contributed by atoms with E-state index in [-0.39, 0.29) is 6.61 Å². The SMILES string of the molecule is CCCCCCC/C=C/CO[C@H]1CO[C@@H]([C@H](O)CO)[C@H]1O. The smallest absolute Gasteiger partial charge is 0.114 e. The molecule has 0 saturated carbocycles. The largest absolute Gasteiger partial charge is 0.394 e. The van der Waals surface area contributed by atoms with E-state index in [1.807, 2.05) is 6.08 Å². The van der Waals surface area contributed by atoms with Crippen molar-refractivity contribution < 1.29 is 24.8 Å². The molecule has 124 valence electrons. The number of hydrogen-bond donors (Lipinski definition) is 3. The molecule has 0 unspecified atom stereocenters. The number of unbranched alkanes of at least 4 members (excludes halogenated alkanes) is 5. The first-order chi connectivity index (χ1) is 10.2. The van der Waals surface area contributed by atoms with E-state index in [1.165, 1.54) is 32.1 Å². The molecule has 0 spiro atoms. The second-order valence-corrected chi connectivity index (χ2v) is 5.58. The summed E-state index contributed by atoms with van der Waals surface area (Å²) in [5, 5.41) is 28.3. The zero-order valence-corrected chi connectivity index (χ0v) is 13.0. The summed E-state index contributed by atoms with van der Waals surface area (Å²) >= 11 is 0. The Labute approximate surface area is 127 Å². The van der Waals surface area contributed by atoms with E-state index < -0.39 is 31.0 Å². The molecule has 3 N–H and O–H groups in total. The third kappa shape index (κ3) is 6.89. The highest BCUT2D eigenvalue weighted by atomic mass is 16.6. The molecule has 0 aromatic carbocycles. The monoisotopic (exact) mass is 302 g/mol. The predicted molar refractivity (Wildman–Crippen MR) is 81.1 cm³/mol.